The van der Waals surface area contributed by atoms with Gasteiger partial charge in [0.1, 0.15) is 30.5 Å². The van der Waals surface area contributed by atoms with E-state index in [2.05, 4.69) is 19.4 Å². The van der Waals surface area contributed by atoms with Gasteiger partial charge in [0.25, 0.3) is 15.9 Å². The van der Waals surface area contributed by atoms with E-state index in [9.17, 15) is 18.0 Å². The van der Waals surface area contributed by atoms with Crippen molar-refractivity contribution in [3.8, 4) is 34.9 Å². The van der Waals surface area contributed by atoms with Crippen LogP contribution in [0.2, 0.25) is 0 Å². The number of nitrogens with one attached hydrogen (secondary N) is 1. The van der Waals surface area contributed by atoms with Crippen LogP contribution >= 0.6 is 0 Å². The third-order valence-electron chi connectivity index (χ3n) is 4.48. The number of hydrogen-bond acceptors (Lipinski definition) is 12. The van der Waals surface area contributed by atoms with E-state index in [-0.39, 0.29) is 29.6 Å². The molecule has 38 heavy (non-hydrogen) atoms. The first-order valence-corrected chi connectivity index (χ1v) is 12.2. The van der Waals surface area contributed by atoms with Gasteiger partial charge in [-0.1, -0.05) is 6.07 Å². The molecule has 0 spiro atoms. The van der Waals surface area contributed by atoms with Gasteiger partial charge in [0.05, 0.1) is 19.1 Å². The predicted molar refractivity (Wildman–Crippen MR) is 130 cm³/mol. The van der Waals surface area contributed by atoms with E-state index < -0.39 is 39.9 Å². The zero-order chi connectivity index (χ0) is 27.7. The van der Waals surface area contributed by atoms with Gasteiger partial charge in [0, 0.05) is 13.0 Å². The van der Waals surface area contributed by atoms with Crippen LogP contribution in [0.1, 0.15) is 6.92 Å². The first-order chi connectivity index (χ1) is 18.1. The molecule has 0 aliphatic carbocycles. The van der Waals surface area contributed by atoms with E-state index in [1.807, 2.05) is 0 Å². The third kappa shape index (κ3) is 7.60. The number of aromatic nitrogens is 2. The Morgan fingerprint density at radius 2 is 1.63 bits per heavy atom. The van der Waals surface area contributed by atoms with E-state index >= 15 is 0 Å². The Bertz CT molecular complexity index is 1400. The smallest absolute Gasteiger partial charge is 0.497 e. The molecule has 0 saturated heterocycles. The van der Waals surface area contributed by atoms with Crippen molar-refractivity contribution in [3.05, 3.63) is 48.5 Å². The first-order valence-electron chi connectivity index (χ1n) is 10.7. The lowest BCUT2D eigenvalue weighted by Crippen LogP contribution is -2.17. The maximum absolute atomic E-state index is 13.1. The summed E-state index contributed by atoms with van der Waals surface area (Å²) in [6.45, 7) is 0.759. The maximum Gasteiger partial charge on any atom is 0.513 e. The van der Waals surface area contributed by atoms with Gasteiger partial charge in [0.15, 0.2) is 5.82 Å². The van der Waals surface area contributed by atoms with Crippen molar-refractivity contribution in [1.82, 2.24) is 9.97 Å². The molecule has 202 valence electrons. The molecule has 1 heterocycles. The van der Waals surface area contributed by atoms with Crippen LogP contribution in [0.4, 0.5) is 10.6 Å². The Morgan fingerprint density at radius 1 is 0.947 bits per heavy atom. The van der Waals surface area contributed by atoms with Gasteiger partial charge in [-0.2, -0.15) is 9.97 Å². The van der Waals surface area contributed by atoms with Crippen LogP contribution in [0.15, 0.2) is 53.4 Å². The Kier molecular flexibility index (Phi) is 9.10. The van der Waals surface area contributed by atoms with Gasteiger partial charge >= 0.3 is 18.1 Å². The van der Waals surface area contributed by atoms with E-state index in [0.29, 0.717) is 11.5 Å². The Hall–Kier alpha value is -4.79. The molecule has 0 aliphatic rings. The highest BCUT2D eigenvalue weighted by atomic mass is 32.2. The topological polar surface area (TPSA) is 182 Å². The fourth-order valence-electron chi connectivity index (χ4n) is 2.84. The molecule has 3 aromatic rings. The molecule has 0 bridgehead atoms. The normalized spacial score (nSPS) is 10.7. The number of rotatable bonds is 12. The van der Waals surface area contributed by atoms with Crippen molar-refractivity contribution >= 4 is 28.0 Å². The molecule has 14 nitrogen and oxygen atoms in total. The zero-order valence-corrected chi connectivity index (χ0v) is 21.2. The van der Waals surface area contributed by atoms with Crippen molar-refractivity contribution in [3.63, 3.8) is 0 Å². The second-order valence-corrected chi connectivity index (χ2v) is 8.79. The molecular formula is C23H23N3O11S. The number of benzene rings is 2. The largest absolute Gasteiger partial charge is 0.513 e. The van der Waals surface area contributed by atoms with Crippen LogP contribution in [0.3, 0.4) is 0 Å². The summed E-state index contributed by atoms with van der Waals surface area (Å²) in [6.07, 6.45) is -1.76. The number of nitrogens with zero attached hydrogens (tertiary/aromatic N) is 2. The predicted octanol–water partition coefficient (Wildman–Crippen LogP) is 3.09. The molecule has 15 heteroatoms. The average Bonchev–Trinajstić information content (AvgIpc) is 2.88. The Balaban J connectivity index is 2.08. The number of ether oxygens (including phenoxy) is 6. The quantitative estimate of drug-likeness (QED) is 0.249. The summed E-state index contributed by atoms with van der Waals surface area (Å²) in [6, 6.07) is 11.0. The number of methoxy groups -OCH3 is 2. The van der Waals surface area contributed by atoms with Crippen molar-refractivity contribution in [1.29, 1.82) is 0 Å². The van der Waals surface area contributed by atoms with Crippen LogP contribution in [0, 0.1) is 0 Å². The van der Waals surface area contributed by atoms with E-state index in [0.717, 1.165) is 0 Å². The monoisotopic (exact) mass is 549 g/mol. The fourth-order valence-corrected chi connectivity index (χ4v) is 3.85. The minimum Gasteiger partial charge on any atom is -0.497 e. The number of esters is 1. The zero-order valence-electron chi connectivity index (χ0n) is 20.4. The fraction of sp³-hybridized carbons (Fsp3) is 0.217. The Morgan fingerprint density at radius 3 is 2.26 bits per heavy atom. The molecule has 3 rings (SSSR count). The van der Waals surface area contributed by atoms with Crippen molar-refractivity contribution in [2.45, 2.75) is 11.8 Å². The number of carbonyl (C=O) groups is 2. The Labute approximate surface area is 217 Å². The number of carboxylic acid groups (broad SMARTS) is 1. The minimum absolute atomic E-state index is 0.165. The lowest BCUT2D eigenvalue weighted by molar-refractivity contribution is -0.141. The van der Waals surface area contributed by atoms with Crippen LogP contribution < -0.4 is 28.4 Å². The van der Waals surface area contributed by atoms with Crippen LogP contribution in [0.25, 0.3) is 0 Å². The molecular weight excluding hydrogens is 526 g/mol. The third-order valence-corrected chi connectivity index (χ3v) is 5.84. The molecule has 0 saturated carbocycles. The first kappa shape index (κ1) is 27.8. The van der Waals surface area contributed by atoms with Gasteiger partial charge in [0.2, 0.25) is 5.75 Å². The molecule has 2 N–H and O–H groups in total. The summed E-state index contributed by atoms with van der Waals surface area (Å²) in [5.74, 6) is -0.783. The molecule has 0 aliphatic heterocycles. The number of sulfonamides is 1. The van der Waals surface area contributed by atoms with Gasteiger partial charge in [-0.05, 0) is 36.4 Å². The lowest BCUT2D eigenvalue weighted by atomic mass is 10.3. The number of hydrogen-bond donors (Lipinski definition) is 2. The van der Waals surface area contributed by atoms with Gasteiger partial charge in [-0.15, -0.1) is 0 Å². The molecule has 2 aromatic carbocycles. The number of carbonyl (C=O) groups excluding carboxylic acids is 1. The molecule has 0 fully saturated rings. The van der Waals surface area contributed by atoms with E-state index in [4.69, 9.17) is 28.8 Å². The second kappa shape index (κ2) is 12.4. The van der Waals surface area contributed by atoms with Gasteiger partial charge in [-0.3, -0.25) is 9.52 Å². The molecule has 1 aromatic heterocycles. The summed E-state index contributed by atoms with van der Waals surface area (Å²) in [5.41, 5.74) is 0. The van der Waals surface area contributed by atoms with Crippen LogP contribution in [-0.4, -0.2) is 63.1 Å². The lowest BCUT2D eigenvalue weighted by Gasteiger charge is -2.17. The molecule has 0 unspecified atom stereocenters. The van der Waals surface area contributed by atoms with Crippen LogP contribution in [-0.2, 0) is 19.6 Å². The molecule has 0 radical (unpaired) electrons. The van der Waals surface area contributed by atoms with Crippen LogP contribution in [0.5, 0.6) is 34.9 Å². The highest BCUT2D eigenvalue weighted by Gasteiger charge is 2.25. The van der Waals surface area contributed by atoms with E-state index in [1.54, 1.807) is 12.1 Å². The summed E-state index contributed by atoms with van der Waals surface area (Å²) in [5, 5.41) is 9.05. The van der Waals surface area contributed by atoms with Crippen molar-refractivity contribution in [2.75, 3.05) is 32.2 Å². The van der Waals surface area contributed by atoms with E-state index in [1.165, 1.54) is 57.5 Å². The number of anilines is 1. The highest BCUT2D eigenvalue weighted by molar-refractivity contribution is 7.92. The standard InChI is InChI=1S/C23H23N3O11S/c1-14(27)34-11-12-35-21-19(36-17-6-4-5-16(13-17)33-3)20(24-22(25-21)37-23(28)29)26-38(30,31)18-9-7-15(32-2)8-10-18/h4-10,13H,11-12H2,1-3H3,(H,28,29)(H,24,25,26). The minimum atomic E-state index is -4.29. The molecule has 0 amide bonds. The van der Waals surface area contributed by atoms with Crippen molar-refractivity contribution < 1.29 is 51.5 Å². The molecule has 0 atom stereocenters. The summed E-state index contributed by atoms with van der Waals surface area (Å²) >= 11 is 0. The summed E-state index contributed by atoms with van der Waals surface area (Å²) in [4.78, 5) is 29.8. The van der Waals surface area contributed by atoms with Gasteiger partial charge < -0.3 is 33.5 Å². The highest BCUT2D eigenvalue weighted by Crippen LogP contribution is 2.39. The summed E-state index contributed by atoms with van der Waals surface area (Å²) < 4.78 is 59.5. The SMILES string of the molecule is COc1ccc(S(=O)(=O)Nc2nc(OC(=O)O)nc(OCCOC(C)=O)c2Oc2cccc(OC)c2)cc1. The van der Waals surface area contributed by atoms with Gasteiger partial charge in [-0.25, -0.2) is 13.2 Å². The maximum atomic E-state index is 13.1. The second-order valence-electron chi connectivity index (χ2n) is 7.11. The average molecular weight is 550 g/mol. The van der Waals surface area contributed by atoms with Crippen molar-refractivity contribution in [2.24, 2.45) is 0 Å². The summed E-state index contributed by atoms with van der Waals surface area (Å²) in [7, 11) is -1.42.